The zero-order valence-corrected chi connectivity index (χ0v) is 14.6. The molecule has 0 bridgehead atoms. The van der Waals surface area contributed by atoms with Crippen LogP contribution in [0.2, 0.25) is 0 Å². The van der Waals surface area contributed by atoms with E-state index in [1.807, 2.05) is 47.8 Å². The number of rotatable bonds is 3. The van der Waals surface area contributed by atoms with E-state index in [1.165, 1.54) is 0 Å². The molecule has 4 nitrogen and oxygen atoms in total. The molecule has 1 aliphatic rings. The Morgan fingerprint density at radius 1 is 1.12 bits per heavy atom. The highest BCUT2D eigenvalue weighted by atomic mass is 32.1. The van der Waals surface area contributed by atoms with E-state index < -0.39 is 0 Å². The summed E-state index contributed by atoms with van der Waals surface area (Å²) in [5.41, 5.74) is 2.33. The summed E-state index contributed by atoms with van der Waals surface area (Å²) in [4.78, 5) is 18.7. The van der Waals surface area contributed by atoms with E-state index in [9.17, 15) is 9.90 Å². The summed E-state index contributed by atoms with van der Waals surface area (Å²) >= 11 is 1.62. The van der Waals surface area contributed by atoms with Crippen LogP contribution in [-0.4, -0.2) is 28.1 Å². The predicted octanol–water partition coefficient (Wildman–Crippen LogP) is 4.00. The van der Waals surface area contributed by atoms with Crippen molar-refractivity contribution in [3.05, 3.63) is 53.4 Å². The maximum atomic E-state index is 12.9. The predicted molar refractivity (Wildman–Crippen MR) is 101 cm³/mol. The summed E-state index contributed by atoms with van der Waals surface area (Å²) in [6.07, 6.45) is 2.94. The second-order valence-electron chi connectivity index (χ2n) is 6.53. The Kier molecular flexibility index (Phi) is 4.51. The van der Waals surface area contributed by atoms with Crippen molar-refractivity contribution in [3.8, 4) is 10.6 Å². The number of nitrogens with one attached hydrogen (secondary N) is 1. The molecule has 2 aromatic heterocycles. The highest BCUT2D eigenvalue weighted by Gasteiger charge is 2.22. The number of hydrogen-bond donors (Lipinski definition) is 2. The van der Waals surface area contributed by atoms with Crippen molar-refractivity contribution in [2.75, 3.05) is 0 Å². The maximum absolute atomic E-state index is 12.9. The standard InChI is InChI=1S/C20H20N2O2S/c23-14-9-7-13(8-10-14)21-20(24)16-12-18(19-6-3-11-25-19)22-17-5-2-1-4-15(16)17/h1-6,11-14,23H,7-10H2,(H,21,24). The third kappa shape index (κ3) is 3.43. The molecule has 1 aromatic carbocycles. The largest absolute Gasteiger partial charge is 0.393 e. The number of thiophene rings is 1. The van der Waals surface area contributed by atoms with Crippen LogP contribution in [0.25, 0.3) is 21.5 Å². The third-order valence-electron chi connectivity index (χ3n) is 4.77. The first-order valence-electron chi connectivity index (χ1n) is 8.63. The van der Waals surface area contributed by atoms with E-state index in [4.69, 9.17) is 4.98 Å². The first-order chi connectivity index (χ1) is 12.2. The highest BCUT2D eigenvalue weighted by Crippen LogP contribution is 2.28. The van der Waals surface area contributed by atoms with Crippen molar-refractivity contribution < 1.29 is 9.90 Å². The number of para-hydroxylation sites is 1. The number of aromatic nitrogens is 1. The molecule has 0 aliphatic heterocycles. The number of nitrogens with zero attached hydrogens (tertiary/aromatic N) is 1. The molecule has 0 radical (unpaired) electrons. The zero-order valence-electron chi connectivity index (χ0n) is 13.8. The lowest BCUT2D eigenvalue weighted by Gasteiger charge is -2.26. The van der Waals surface area contributed by atoms with E-state index in [2.05, 4.69) is 5.32 Å². The Morgan fingerprint density at radius 2 is 1.92 bits per heavy atom. The molecule has 1 fully saturated rings. The van der Waals surface area contributed by atoms with Gasteiger partial charge < -0.3 is 10.4 Å². The average molecular weight is 352 g/mol. The van der Waals surface area contributed by atoms with Gasteiger partial charge in [0, 0.05) is 11.4 Å². The minimum atomic E-state index is -0.222. The Balaban J connectivity index is 1.68. The van der Waals surface area contributed by atoms with Gasteiger partial charge in [-0.15, -0.1) is 11.3 Å². The Morgan fingerprint density at radius 3 is 2.68 bits per heavy atom. The lowest BCUT2D eigenvalue weighted by molar-refractivity contribution is 0.0869. The minimum absolute atomic E-state index is 0.0576. The minimum Gasteiger partial charge on any atom is -0.393 e. The first-order valence-corrected chi connectivity index (χ1v) is 9.51. The number of pyridine rings is 1. The molecule has 0 atom stereocenters. The molecule has 3 aromatic rings. The average Bonchev–Trinajstić information content (AvgIpc) is 3.17. The SMILES string of the molecule is O=C(NC1CCC(O)CC1)c1cc(-c2cccs2)nc2ccccc12. The van der Waals surface area contributed by atoms with Crippen molar-refractivity contribution in [2.24, 2.45) is 0 Å². The Hall–Kier alpha value is -2.24. The monoisotopic (exact) mass is 352 g/mol. The van der Waals surface area contributed by atoms with Crippen molar-refractivity contribution in [3.63, 3.8) is 0 Å². The number of amides is 1. The summed E-state index contributed by atoms with van der Waals surface area (Å²) in [5, 5.41) is 15.7. The quantitative estimate of drug-likeness (QED) is 0.749. The van der Waals surface area contributed by atoms with Crippen LogP contribution in [0.3, 0.4) is 0 Å². The van der Waals surface area contributed by atoms with Crippen LogP contribution in [-0.2, 0) is 0 Å². The van der Waals surface area contributed by atoms with E-state index in [1.54, 1.807) is 11.3 Å². The molecule has 4 rings (SSSR count). The van der Waals surface area contributed by atoms with Crippen LogP contribution in [0.5, 0.6) is 0 Å². The Bertz CT molecular complexity index is 884. The third-order valence-corrected chi connectivity index (χ3v) is 5.66. The van der Waals surface area contributed by atoms with Crippen molar-refractivity contribution in [2.45, 2.75) is 37.8 Å². The molecule has 1 saturated carbocycles. The molecule has 5 heteroatoms. The van der Waals surface area contributed by atoms with Gasteiger partial charge in [-0.05, 0) is 49.3 Å². The lowest BCUT2D eigenvalue weighted by Crippen LogP contribution is -2.38. The first kappa shape index (κ1) is 16.2. The second kappa shape index (κ2) is 6.94. The highest BCUT2D eigenvalue weighted by molar-refractivity contribution is 7.13. The summed E-state index contributed by atoms with van der Waals surface area (Å²) < 4.78 is 0. The summed E-state index contributed by atoms with van der Waals surface area (Å²) in [6, 6.07) is 13.8. The molecule has 128 valence electrons. The van der Waals surface area contributed by atoms with Gasteiger partial charge in [-0.2, -0.15) is 0 Å². The second-order valence-corrected chi connectivity index (χ2v) is 7.48. The van der Waals surface area contributed by atoms with Crippen LogP contribution in [0, 0.1) is 0 Å². The fraction of sp³-hybridized carbons (Fsp3) is 0.300. The molecule has 2 heterocycles. The number of aliphatic hydroxyl groups is 1. The van der Waals surface area contributed by atoms with E-state index in [-0.39, 0.29) is 18.1 Å². The normalized spacial score (nSPS) is 20.5. The van der Waals surface area contributed by atoms with Gasteiger partial charge in [0.25, 0.3) is 5.91 Å². The van der Waals surface area contributed by atoms with E-state index in [0.29, 0.717) is 5.56 Å². The fourth-order valence-corrected chi connectivity index (χ4v) is 4.08. The van der Waals surface area contributed by atoms with Gasteiger partial charge in [-0.3, -0.25) is 4.79 Å². The van der Waals surface area contributed by atoms with Crippen molar-refractivity contribution in [1.82, 2.24) is 10.3 Å². The molecule has 1 amide bonds. The number of carbonyl (C=O) groups is 1. The number of fused-ring (bicyclic) bond motifs is 1. The van der Waals surface area contributed by atoms with Gasteiger partial charge >= 0.3 is 0 Å². The van der Waals surface area contributed by atoms with Gasteiger partial charge in [0.05, 0.1) is 27.8 Å². The molecule has 1 aliphatic carbocycles. The van der Waals surface area contributed by atoms with Gasteiger partial charge in [0.2, 0.25) is 0 Å². The van der Waals surface area contributed by atoms with E-state index in [0.717, 1.165) is 47.2 Å². The molecule has 2 N–H and O–H groups in total. The zero-order chi connectivity index (χ0) is 17.2. The molecular formula is C20H20N2O2S. The summed E-state index contributed by atoms with van der Waals surface area (Å²) in [6.45, 7) is 0. The molecule has 0 unspecified atom stereocenters. The molecular weight excluding hydrogens is 332 g/mol. The molecule has 0 spiro atoms. The van der Waals surface area contributed by atoms with Crippen LogP contribution in [0.1, 0.15) is 36.0 Å². The molecule has 0 saturated heterocycles. The fourth-order valence-electron chi connectivity index (χ4n) is 3.40. The maximum Gasteiger partial charge on any atom is 0.252 e. The van der Waals surface area contributed by atoms with Crippen molar-refractivity contribution in [1.29, 1.82) is 0 Å². The van der Waals surface area contributed by atoms with Gasteiger partial charge in [-0.1, -0.05) is 24.3 Å². The van der Waals surface area contributed by atoms with Crippen LogP contribution in [0.4, 0.5) is 0 Å². The van der Waals surface area contributed by atoms with Gasteiger partial charge in [0.1, 0.15) is 0 Å². The van der Waals surface area contributed by atoms with Crippen molar-refractivity contribution >= 4 is 28.1 Å². The Labute approximate surface area is 150 Å². The molecule has 25 heavy (non-hydrogen) atoms. The number of aliphatic hydroxyl groups excluding tert-OH is 1. The van der Waals surface area contributed by atoms with Crippen LogP contribution < -0.4 is 5.32 Å². The van der Waals surface area contributed by atoms with E-state index >= 15 is 0 Å². The van der Waals surface area contributed by atoms with Gasteiger partial charge in [-0.25, -0.2) is 4.98 Å². The number of benzene rings is 1. The van der Waals surface area contributed by atoms with Crippen LogP contribution >= 0.6 is 11.3 Å². The summed E-state index contributed by atoms with van der Waals surface area (Å²) in [7, 11) is 0. The number of hydrogen-bond acceptors (Lipinski definition) is 4. The topological polar surface area (TPSA) is 62.2 Å². The van der Waals surface area contributed by atoms with Gasteiger partial charge in [0.15, 0.2) is 0 Å². The number of carbonyl (C=O) groups excluding carboxylic acids is 1. The smallest absolute Gasteiger partial charge is 0.252 e. The lowest BCUT2D eigenvalue weighted by atomic mass is 9.93. The van der Waals surface area contributed by atoms with Crippen LogP contribution in [0.15, 0.2) is 47.8 Å². The summed E-state index contributed by atoms with van der Waals surface area (Å²) in [5.74, 6) is -0.0576.